The maximum absolute atomic E-state index is 11.4. The van der Waals surface area contributed by atoms with Crippen molar-refractivity contribution in [1.82, 2.24) is 5.32 Å². The van der Waals surface area contributed by atoms with Gasteiger partial charge in [0.15, 0.2) is 6.61 Å². The number of hydrogen-bond acceptors (Lipinski definition) is 3. The maximum Gasteiger partial charge on any atom is 0.258 e. The highest BCUT2D eigenvalue weighted by Gasteiger charge is 2.06. The fourth-order valence-corrected chi connectivity index (χ4v) is 1.37. The first-order valence-electron chi connectivity index (χ1n) is 5.77. The molecule has 2 N–H and O–H groups in total. The third kappa shape index (κ3) is 4.87. The average molecular weight is 237 g/mol. The Balaban J connectivity index is 2.41. The van der Waals surface area contributed by atoms with Crippen LogP contribution in [0, 0.1) is 0 Å². The van der Waals surface area contributed by atoms with Gasteiger partial charge in [-0.05, 0) is 31.0 Å². The minimum Gasteiger partial charge on any atom is -0.484 e. The molecule has 0 aromatic heterocycles. The van der Waals surface area contributed by atoms with Crippen LogP contribution in [0.4, 0.5) is 0 Å². The molecule has 0 aliphatic heterocycles. The smallest absolute Gasteiger partial charge is 0.258 e. The van der Waals surface area contributed by atoms with Gasteiger partial charge in [0.2, 0.25) is 0 Å². The number of aryl methyl sites for hydroxylation is 1. The molecular weight excluding hydrogens is 218 g/mol. The Hall–Kier alpha value is -1.55. The molecule has 4 heteroatoms. The molecule has 0 aliphatic carbocycles. The molecule has 0 radical (unpaired) electrons. The van der Waals surface area contributed by atoms with Gasteiger partial charge in [-0.1, -0.05) is 19.1 Å². The van der Waals surface area contributed by atoms with Crippen LogP contribution in [0.2, 0.25) is 0 Å². The van der Waals surface area contributed by atoms with Crippen LogP contribution >= 0.6 is 0 Å². The van der Waals surface area contributed by atoms with Crippen molar-refractivity contribution in [2.24, 2.45) is 0 Å². The van der Waals surface area contributed by atoms with E-state index in [0.29, 0.717) is 5.75 Å². The Morgan fingerprint density at radius 2 is 2.29 bits per heavy atom. The summed E-state index contributed by atoms with van der Waals surface area (Å²) in [6.07, 6.45) is 0.935. The highest BCUT2D eigenvalue weighted by atomic mass is 16.5. The summed E-state index contributed by atoms with van der Waals surface area (Å²) in [7, 11) is 0. The van der Waals surface area contributed by atoms with Crippen LogP contribution in [0.15, 0.2) is 24.3 Å². The third-order valence-electron chi connectivity index (χ3n) is 2.36. The van der Waals surface area contributed by atoms with Crippen LogP contribution in [-0.2, 0) is 11.2 Å². The molecule has 1 atom stereocenters. The molecule has 0 spiro atoms. The van der Waals surface area contributed by atoms with Gasteiger partial charge in [-0.2, -0.15) is 0 Å². The minimum atomic E-state index is -0.243. The van der Waals surface area contributed by atoms with Crippen molar-refractivity contribution < 1.29 is 14.6 Å². The number of aliphatic hydroxyl groups is 1. The lowest BCUT2D eigenvalue weighted by Crippen LogP contribution is -2.38. The van der Waals surface area contributed by atoms with E-state index in [0.717, 1.165) is 6.42 Å². The molecule has 0 heterocycles. The number of nitrogens with one attached hydrogen (secondary N) is 1. The van der Waals surface area contributed by atoms with E-state index >= 15 is 0 Å². The van der Waals surface area contributed by atoms with Crippen molar-refractivity contribution >= 4 is 5.91 Å². The van der Waals surface area contributed by atoms with Gasteiger partial charge >= 0.3 is 0 Å². The van der Waals surface area contributed by atoms with Crippen molar-refractivity contribution in [2.45, 2.75) is 26.3 Å². The number of carbonyl (C=O) groups is 1. The second-order valence-corrected chi connectivity index (χ2v) is 3.94. The number of carbonyl (C=O) groups excluding carboxylic acids is 1. The standard InChI is InChI=1S/C13H19NO3/c1-3-11-5-4-6-12(7-11)17-9-13(16)14-10(2)8-15/h4-7,10,15H,3,8-9H2,1-2H3,(H,14,16)/t10-/m0/s1. The highest BCUT2D eigenvalue weighted by molar-refractivity contribution is 5.77. The molecule has 0 saturated heterocycles. The van der Waals surface area contributed by atoms with E-state index in [-0.39, 0.29) is 25.2 Å². The van der Waals surface area contributed by atoms with Crippen molar-refractivity contribution in [3.05, 3.63) is 29.8 Å². The van der Waals surface area contributed by atoms with Crippen LogP contribution < -0.4 is 10.1 Å². The molecule has 4 nitrogen and oxygen atoms in total. The number of aliphatic hydroxyl groups excluding tert-OH is 1. The van der Waals surface area contributed by atoms with E-state index in [1.807, 2.05) is 24.3 Å². The van der Waals surface area contributed by atoms with Gasteiger partial charge in [0.25, 0.3) is 5.91 Å². The number of ether oxygens (including phenoxy) is 1. The number of amides is 1. The van der Waals surface area contributed by atoms with Crippen LogP contribution in [-0.4, -0.2) is 30.3 Å². The number of benzene rings is 1. The molecular formula is C13H19NO3. The Kier molecular flexibility index (Phi) is 5.49. The topological polar surface area (TPSA) is 58.6 Å². The second-order valence-electron chi connectivity index (χ2n) is 3.94. The van der Waals surface area contributed by atoms with E-state index in [4.69, 9.17) is 9.84 Å². The molecule has 0 aliphatic rings. The Bertz CT molecular complexity index is 365. The monoisotopic (exact) mass is 237 g/mol. The molecule has 0 saturated carbocycles. The molecule has 94 valence electrons. The largest absolute Gasteiger partial charge is 0.484 e. The van der Waals surface area contributed by atoms with Crippen LogP contribution in [0.5, 0.6) is 5.75 Å². The zero-order valence-electron chi connectivity index (χ0n) is 10.3. The maximum atomic E-state index is 11.4. The molecule has 17 heavy (non-hydrogen) atoms. The lowest BCUT2D eigenvalue weighted by atomic mass is 10.2. The predicted molar refractivity (Wildman–Crippen MR) is 66.0 cm³/mol. The molecule has 1 rings (SSSR count). The lowest BCUT2D eigenvalue weighted by molar-refractivity contribution is -0.123. The normalized spacial score (nSPS) is 11.9. The molecule has 0 bridgehead atoms. The SMILES string of the molecule is CCc1cccc(OCC(=O)N[C@@H](C)CO)c1. The number of rotatable bonds is 6. The quantitative estimate of drug-likeness (QED) is 0.779. The zero-order chi connectivity index (χ0) is 12.7. The molecule has 1 amide bonds. The van der Waals surface area contributed by atoms with Gasteiger partial charge in [0.05, 0.1) is 6.61 Å². The van der Waals surface area contributed by atoms with Gasteiger partial charge in [-0.15, -0.1) is 0 Å². The van der Waals surface area contributed by atoms with Gasteiger partial charge in [0.1, 0.15) is 5.75 Å². The summed E-state index contributed by atoms with van der Waals surface area (Å²) in [5.41, 5.74) is 1.17. The number of hydrogen-bond donors (Lipinski definition) is 2. The summed E-state index contributed by atoms with van der Waals surface area (Å²) in [5, 5.41) is 11.4. The summed E-state index contributed by atoms with van der Waals surface area (Å²) in [4.78, 5) is 11.4. The van der Waals surface area contributed by atoms with E-state index in [2.05, 4.69) is 12.2 Å². The van der Waals surface area contributed by atoms with Crippen LogP contribution in [0.3, 0.4) is 0 Å². The highest BCUT2D eigenvalue weighted by Crippen LogP contribution is 2.13. The first-order chi connectivity index (χ1) is 8.15. The van der Waals surface area contributed by atoms with E-state index in [1.165, 1.54) is 5.56 Å². The van der Waals surface area contributed by atoms with Gasteiger partial charge in [-0.3, -0.25) is 4.79 Å². The molecule has 1 aromatic carbocycles. The predicted octanol–water partition coefficient (Wildman–Crippen LogP) is 1.12. The lowest BCUT2D eigenvalue weighted by Gasteiger charge is -2.11. The second kappa shape index (κ2) is 6.91. The molecule has 0 fully saturated rings. The minimum absolute atomic E-state index is 0.0303. The summed E-state index contributed by atoms with van der Waals surface area (Å²) in [5.74, 6) is 0.463. The Morgan fingerprint density at radius 1 is 1.53 bits per heavy atom. The summed E-state index contributed by atoms with van der Waals surface area (Å²) in [6.45, 7) is 3.69. The summed E-state index contributed by atoms with van der Waals surface area (Å²) in [6, 6.07) is 7.42. The molecule has 1 aromatic rings. The van der Waals surface area contributed by atoms with Crippen molar-refractivity contribution in [3.63, 3.8) is 0 Å². The van der Waals surface area contributed by atoms with Crippen molar-refractivity contribution in [3.8, 4) is 5.75 Å². The Morgan fingerprint density at radius 3 is 2.94 bits per heavy atom. The van der Waals surface area contributed by atoms with E-state index < -0.39 is 0 Å². The van der Waals surface area contributed by atoms with Crippen LogP contribution in [0.25, 0.3) is 0 Å². The summed E-state index contributed by atoms with van der Waals surface area (Å²) < 4.78 is 5.36. The van der Waals surface area contributed by atoms with E-state index in [1.54, 1.807) is 6.92 Å². The Labute approximate surface area is 102 Å². The fraction of sp³-hybridized carbons (Fsp3) is 0.462. The van der Waals surface area contributed by atoms with Gasteiger partial charge < -0.3 is 15.2 Å². The first kappa shape index (κ1) is 13.5. The van der Waals surface area contributed by atoms with Gasteiger partial charge in [0, 0.05) is 6.04 Å². The molecule has 0 unspecified atom stereocenters. The van der Waals surface area contributed by atoms with Gasteiger partial charge in [-0.25, -0.2) is 0 Å². The van der Waals surface area contributed by atoms with Crippen molar-refractivity contribution in [1.29, 1.82) is 0 Å². The average Bonchev–Trinajstić information content (AvgIpc) is 2.36. The summed E-state index contributed by atoms with van der Waals surface area (Å²) >= 11 is 0. The first-order valence-corrected chi connectivity index (χ1v) is 5.77. The third-order valence-corrected chi connectivity index (χ3v) is 2.36. The zero-order valence-corrected chi connectivity index (χ0v) is 10.3. The van der Waals surface area contributed by atoms with Crippen molar-refractivity contribution in [2.75, 3.05) is 13.2 Å². The fourth-order valence-electron chi connectivity index (χ4n) is 1.37. The van der Waals surface area contributed by atoms with E-state index in [9.17, 15) is 4.79 Å². The van der Waals surface area contributed by atoms with Crippen LogP contribution in [0.1, 0.15) is 19.4 Å².